The van der Waals surface area contributed by atoms with Gasteiger partial charge in [0.15, 0.2) is 5.82 Å². The first-order valence-corrected chi connectivity index (χ1v) is 14.9. The lowest BCUT2D eigenvalue weighted by molar-refractivity contribution is -0.129. The summed E-state index contributed by atoms with van der Waals surface area (Å²) in [7, 11) is 0. The molecule has 2 aliphatic heterocycles. The number of hydrogen-bond acceptors (Lipinski definition) is 9. The summed E-state index contributed by atoms with van der Waals surface area (Å²) in [4.78, 5) is 24.8. The Morgan fingerprint density at radius 1 is 1.19 bits per heavy atom. The zero-order valence-corrected chi connectivity index (χ0v) is 23.9. The molecule has 43 heavy (non-hydrogen) atoms. The fourth-order valence-corrected chi connectivity index (χ4v) is 6.26. The summed E-state index contributed by atoms with van der Waals surface area (Å²) < 4.78 is 7.12. The second-order valence-corrected chi connectivity index (χ2v) is 11.6. The Kier molecular flexibility index (Phi) is 7.42. The molecule has 4 N–H and O–H groups in total. The minimum Gasteiger partial charge on any atom is -0.390 e. The van der Waals surface area contributed by atoms with Gasteiger partial charge in [0, 0.05) is 30.6 Å². The third-order valence-electron chi connectivity index (χ3n) is 8.59. The molecular weight excluding hydrogens is 544 g/mol. The molecular formula is C32H36N8O3. The van der Waals surface area contributed by atoms with Crippen LogP contribution in [0.1, 0.15) is 30.0 Å². The molecule has 4 heterocycles. The van der Waals surface area contributed by atoms with Crippen molar-refractivity contribution in [3.8, 4) is 0 Å². The third-order valence-corrected chi connectivity index (χ3v) is 8.59. The maximum atomic E-state index is 13.0. The standard InChI is InChI=1S/C32H36N8O3/c1-2-11-40-26-14-23(10-9-21(26)15-34-40)36-32-33-16-27(39-12-5-7-22(17-39)31(42)35-24-18-43-19-24)30(38-32)37-29-25-8-4-3-6-20(25)13-28(29)41/h2-4,6,8-10,14-16,22,24,28-29,41H,1,5,7,11-13,17-19H2,(H,35,42)(H2,33,36,37,38)/t22-,28+,29-/m0/s1. The first-order chi connectivity index (χ1) is 21.1. The van der Waals surface area contributed by atoms with Gasteiger partial charge < -0.3 is 30.7 Å². The van der Waals surface area contributed by atoms with Crippen molar-refractivity contribution in [2.24, 2.45) is 5.92 Å². The molecule has 4 aromatic rings. The Bertz CT molecular complexity index is 1650. The van der Waals surface area contributed by atoms with Crippen molar-refractivity contribution in [1.82, 2.24) is 25.1 Å². The number of nitrogens with one attached hydrogen (secondary N) is 3. The first kappa shape index (κ1) is 27.4. The zero-order chi connectivity index (χ0) is 29.3. The number of fused-ring (bicyclic) bond motifs is 2. The SMILES string of the molecule is C=CCn1ncc2ccc(Nc3ncc(N4CCC[C@H](C(=O)NC5COC5)C4)c(N[C@H]4c5ccccc5C[C@H]4O)n3)cc21. The van der Waals surface area contributed by atoms with Gasteiger partial charge in [-0.1, -0.05) is 30.3 Å². The van der Waals surface area contributed by atoms with Crippen LogP contribution in [0.25, 0.3) is 10.9 Å². The predicted octanol–water partition coefficient (Wildman–Crippen LogP) is 3.56. The number of aliphatic hydroxyl groups excluding tert-OH is 1. The second-order valence-electron chi connectivity index (χ2n) is 11.6. The Balaban J connectivity index is 1.18. The van der Waals surface area contributed by atoms with Gasteiger partial charge in [0.1, 0.15) is 0 Å². The minimum atomic E-state index is -0.589. The largest absolute Gasteiger partial charge is 0.390 e. The number of carbonyl (C=O) groups is 1. The first-order valence-electron chi connectivity index (χ1n) is 14.9. The van der Waals surface area contributed by atoms with Crippen LogP contribution in [0.2, 0.25) is 0 Å². The summed E-state index contributed by atoms with van der Waals surface area (Å²) in [6.45, 7) is 6.95. The molecule has 1 aliphatic carbocycles. The molecule has 222 valence electrons. The van der Waals surface area contributed by atoms with Crippen LogP contribution in [-0.4, -0.2) is 69.2 Å². The van der Waals surface area contributed by atoms with Crippen LogP contribution in [0.4, 0.5) is 23.1 Å². The maximum Gasteiger partial charge on any atom is 0.229 e. The van der Waals surface area contributed by atoms with E-state index in [2.05, 4.69) is 44.7 Å². The van der Waals surface area contributed by atoms with Crippen molar-refractivity contribution in [1.29, 1.82) is 0 Å². The van der Waals surface area contributed by atoms with Crippen LogP contribution in [-0.2, 0) is 22.5 Å². The van der Waals surface area contributed by atoms with Crippen molar-refractivity contribution in [2.45, 2.75) is 44.0 Å². The Hall–Kier alpha value is -4.48. The number of ether oxygens (including phenoxy) is 1. The quantitative estimate of drug-likeness (QED) is 0.220. The third kappa shape index (κ3) is 5.53. The van der Waals surface area contributed by atoms with E-state index in [1.165, 1.54) is 0 Å². The van der Waals surface area contributed by atoms with Gasteiger partial charge in [-0.05, 0) is 42.2 Å². The van der Waals surface area contributed by atoms with Gasteiger partial charge in [-0.2, -0.15) is 10.1 Å². The number of benzene rings is 2. The molecule has 11 nitrogen and oxygen atoms in total. The number of nitrogens with zero attached hydrogens (tertiary/aromatic N) is 5. The molecule has 0 saturated carbocycles. The minimum absolute atomic E-state index is 0.0675. The van der Waals surface area contributed by atoms with Crippen LogP contribution >= 0.6 is 0 Å². The second kappa shape index (κ2) is 11.7. The average molecular weight is 581 g/mol. The number of piperidine rings is 1. The van der Waals surface area contributed by atoms with E-state index in [4.69, 9.17) is 14.7 Å². The Labute approximate surface area is 250 Å². The average Bonchev–Trinajstić information content (AvgIpc) is 3.55. The molecule has 1 amide bonds. The van der Waals surface area contributed by atoms with Crippen LogP contribution in [0, 0.1) is 5.92 Å². The fraction of sp³-hybridized carbons (Fsp3) is 0.375. The van der Waals surface area contributed by atoms with E-state index < -0.39 is 6.10 Å². The van der Waals surface area contributed by atoms with Crippen LogP contribution < -0.4 is 20.9 Å². The van der Waals surface area contributed by atoms with E-state index in [1.54, 1.807) is 0 Å². The number of aliphatic hydroxyl groups is 1. The lowest BCUT2D eigenvalue weighted by atomic mass is 9.96. The van der Waals surface area contributed by atoms with E-state index in [-0.39, 0.29) is 23.9 Å². The Morgan fingerprint density at radius 2 is 2.07 bits per heavy atom. The molecule has 2 fully saturated rings. The summed E-state index contributed by atoms with van der Waals surface area (Å²) >= 11 is 0. The van der Waals surface area contributed by atoms with E-state index in [9.17, 15) is 9.90 Å². The molecule has 2 aromatic carbocycles. The molecule has 0 bridgehead atoms. The maximum absolute atomic E-state index is 13.0. The predicted molar refractivity (Wildman–Crippen MR) is 165 cm³/mol. The molecule has 0 unspecified atom stereocenters. The fourth-order valence-electron chi connectivity index (χ4n) is 6.26. The number of aromatic nitrogens is 4. The summed E-state index contributed by atoms with van der Waals surface area (Å²) in [5.41, 5.74) is 4.81. The number of rotatable bonds is 9. The van der Waals surface area contributed by atoms with Crippen LogP contribution in [0.3, 0.4) is 0 Å². The number of allylic oxidation sites excluding steroid dienone is 1. The summed E-state index contributed by atoms with van der Waals surface area (Å²) in [5, 5.41) is 26.6. The van der Waals surface area contributed by atoms with Gasteiger partial charge >= 0.3 is 0 Å². The molecule has 11 heteroatoms. The molecule has 3 atom stereocenters. The number of amides is 1. The van der Waals surface area contributed by atoms with Gasteiger partial charge in [-0.15, -0.1) is 6.58 Å². The van der Waals surface area contributed by atoms with Gasteiger partial charge in [0.2, 0.25) is 11.9 Å². The Morgan fingerprint density at radius 3 is 2.91 bits per heavy atom. The molecule has 0 spiro atoms. The summed E-state index contributed by atoms with van der Waals surface area (Å²) in [5.74, 6) is 0.977. The van der Waals surface area contributed by atoms with Gasteiger partial charge in [0.25, 0.3) is 0 Å². The smallest absolute Gasteiger partial charge is 0.229 e. The molecule has 0 radical (unpaired) electrons. The summed E-state index contributed by atoms with van der Waals surface area (Å²) in [6, 6.07) is 13.9. The topological polar surface area (TPSA) is 129 Å². The van der Waals surface area contributed by atoms with Crippen molar-refractivity contribution in [2.75, 3.05) is 41.8 Å². The highest BCUT2D eigenvalue weighted by atomic mass is 16.5. The molecule has 3 aliphatic rings. The highest BCUT2D eigenvalue weighted by Crippen LogP contribution is 2.37. The van der Waals surface area contributed by atoms with Crippen molar-refractivity contribution >= 4 is 40.0 Å². The molecule has 2 saturated heterocycles. The lowest BCUT2D eigenvalue weighted by Gasteiger charge is -2.36. The number of hydrogen-bond donors (Lipinski definition) is 4. The van der Waals surface area contributed by atoms with E-state index in [0.717, 1.165) is 52.8 Å². The van der Waals surface area contributed by atoms with E-state index in [1.807, 2.05) is 53.5 Å². The number of carbonyl (C=O) groups excluding carboxylic acids is 1. The van der Waals surface area contributed by atoms with E-state index in [0.29, 0.717) is 44.5 Å². The number of anilines is 4. The van der Waals surface area contributed by atoms with Crippen molar-refractivity contribution in [3.63, 3.8) is 0 Å². The van der Waals surface area contributed by atoms with E-state index >= 15 is 0 Å². The van der Waals surface area contributed by atoms with Crippen molar-refractivity contribution < 1.29 is 14.6 Å². The van der Waals surface area contributed by atoms with Crippen molar-refractivity contribution in [3.05, 3.63) is 78.6 Å². The van der Waals surface area contributed by atoms with Gasteiger partial charge in [0.05, 0.1) is 67.5 Å². The highest BCUT2D eigenvalue weighted by molar-refractivity contribution is 5.83. The van der Waals surface area contributed by atoms with Crippen LogP contribution in [0.5, 0.6) is 0 Å². The normalized spacial score (nSPS) is 21.7. The molecule has 7 rings (SSSR count). The van der Waals surface area contributed by atoms with Gasteiger partial charge in [-0.3, -0.25) is 9.48 Å². The monoisotopic (exact) mass is 580 g/mol. The zero-order valence-electron chi connectivity index (χ0n) is 23.9. The summed E-state index contributed by atoms with van der Waals surface area (Å²) in [6.07, 6.45) is 7.17. The van der Waals surface area contributed by atoms with Crippen LogP contribution in [0.15, 0.2) is 67.5 Å². The molecule has 2 aromatic heterocycles. The lowest BCUT2D eigenvalue weighted by Crippen LogP contribution is -2.52. The highest BCUT2D eigenvalue weighted by Gasteiger charge is 2.34. The van der Waals surface area contributed by atoms with Gasteiger partial charge in [-0.25, -0.2) is 4.98 Å².